The second-order valence-corrected chi connectivity index (χ2v) is 5.66. The number of nitrogens with zero attached hydrogens (tertiary/aromatic N) is 3. The molecule has 2 aromatic rings. The smallest absolute Gasteiger partial charge is 0.208 e. The van der Waals surface area contributed by atoms with Gasteiger partial charge in [-0.15, -0.1) is 10.2 Å². The third kappa shape index (κ3) is 2.18. The second kappa shape index (κ2) is 4.57. The number of fused-ring (bicyclic) bond motifs is 1. The molecule has 18 heavy (non-hydrogen) atoms. The molecule has 2 heterocycles. The molecule has 1 aliphatic rings. The summed E-state index contributed by atoms with van der Waals surface area (Å²) in [5.41, 5.74) is 2.60. The Labute approximate surface area is 110 Å². The van der Waals surface area contributed by atoms with Gasteiger partial charge in [0.05, 0.1) is 6.61 Å². The third-order valence-corrected chi connectivity index (χ3v) is 3.97. The van der Waals surface area contributed by atoms with Gasteiger partial charge in [-0.05, 0) is 24.1 Å². The summed E-state index contributed by atoms with van der Waals surface area (Å²) in [6, 6.07) is 6.41. The minimum Gasteiger partial charge on any atom is -0.493 e. The summed E-state index contributed by atoms with van der Waals surface area (Å²) in [6.45, 7) is 3.63. The number of hydrogen-bond donors (Lipinski definition) is 0. The Bertz CT molecular complexity index is 567. The first kappa shape index (κ1) is 11.5. The molecular weight excluding hydrogens is 246 g/mol. The summed E-state index contributed by atoms with van der Waals surface area (Å²) in [5, 5.41) is 10.2. The highest BCUT2D eigenvalue weighted by molar-refractivity contribution is 7.15. The van der Waals surface area contributed by atoms with Crippen LogP contribution < -0.4 is 9.64 Å². The van der Waals surface area contributed by atoms with Crippen LogP contribution in [0, 0.1) is 6.92 Å². The third-order valence-electron chi connectivity index (χ3n) is 3.02. The molecule has 0 aliphatic carbocycles. The van der Waals surface area contributed by atoms with Crippen LogP contribution in [0.5, 0.6) is 5.75 Å². The lowest BCUT2D eigenvalue weighted by atomic mass is 10.1. The van der Waals surface area contributed by atoms with Crippen LogP contribution in [0.15, 0.2) is 18.2 Å². The van der Waals surface area contributed by atoms with E-state index in [-0.39, 0.29) is 0 Å². The lowest BCUT2D eigenvalue weighted by Crippen LogP contribution is -2.16. The van der Waals surface area contributed by atoms with E-state index < -0.39 is 0 Å². The van der Waals surface area contributed by atoms with Crippen molar-refractivity contribution in [2.24, 2.45) is 0 Å². The number of aryl methyl sites for hydroxylation is 1. The molecule has 3 rings (SSSR count). The maximum Gasteiger partial charge on any atom is 0.208 e. The Morgan fingerprint density at radius 2 is 2.28 bits per heavy atom. The lowest BCUT2D eigenvalue weighted by molar-refractivity contribution is 0.357. The van der Waals surface area contributed by atoms with E-state index in [1.165, 1.54) is 11.1 Å². The molecule has 0 saturated carbocycles. The van der Waals surface area contributed by atoms with Gasteiger partial charge in [0.1, 0.15) is 10.8 Å². The molecular formula is C13H15N3OS. The molecule has 0 unspecified atom stereocenters. The highest BCUT2D eigenvalue weighted by atomic mass is 32.1. The zero-order chi connectivity index (χ0) is 12.5. The molecule has 0 spiro atoms. The molecule has 0 fully saturated rings. The highest BCUT2D eigenvalue weighted by Crippen LogP contribution is 2.27. The first-order valence-electron chi connectivity index (χ1n) is 5.98. The van der Waals surface area contributed by atoms with Crippen molar-refractivity contribution >= 4 is 16.5 Å². The average Bonchev–Trinajstić information content (AvgIpc) is 2.96. The van der Waals surface area contributed by atoms with E-state index in [1.807, 2.05) is 14.0 Å². The first-order chi connectivity index (χ1) is 8.72. The molecule has 1 aliphatic heterocycles. The Morgan fingerprint density at radius 1 is 1.39 bits per heavy atom. The van der Waals surface area contributed by atoms with Crippen LogP contribution in [0.3, 0.4) is 0 Å². The number of ether oxygens (including phenoxy) is 1. The van der Waals surface area contributed by atoms with Gasteiger partial charge in [0.15, 0.2) is 0 Å². The number of anilines is 1. The number of hydrogen-bond acceptors (Lipinski definition) is 5. The van der Waals surface area contributed by atoms with Crippen molar-refractivity contribution in [2.45, 2.75) is 19.9 Å². The number of benzene rings is 1. The molecule has 94 valence electrons. The Balaban J connectivity index is 1.76. The van der Waals surface area contributed by atoms with E-state index in [2.05, 4.69) is 33.3 Å². The monoisotopic (exact) mass is 261 g/mol. The standard InChI is InChI=1S/C13H15N3OS/c1-9-14-15-13(18-9)16(2)8-10-3-4-12-11(7-10)5-6-17-12/h3-4,7H,5-6,8H2,1-2H3. The van der Waals surface area contributed by atoms with E-state index in [0.29, 0.717) is 0 Å². The van der Waals surface area contributed by atoms with E-state index in [1.54, 1.807) is 11.3 Å². The van der Waals surface area contributed by atoms with E-state index in [4.69, 9.17) is 4.74 Å². The molecule has 0 radical (unpaired) electrons. The zero-order valence-electron chi connectivity index (χ0n) is 10.5. The van der Waals surface area contributed by atoms with Crippen molar-refractivity contribution in [1.82, 2.24) is 10.2 Å². The van der Waals surface area contributed by atoms with Gasteiger partial charge in [-0.1, -0.05) is 23.5 Å². The summed E-state index contributed by atoms with van der Waals surface area (Å²) in [7, 11) is 2.05. The largest absolute Gasteiger partial charge is 0.493 e. The van der Waals surface area contributed by atoms with Crippen molar-refractivity contribution in [3.63, 3.8) is 0 Å². The number of aromatic nitrogens is 2. The van der Waals surface area contributed by atoms with Gasteiger partial charge in [0.25, 0.3) is 0 Å². The van der Waals surface area contributed by atoms with Crippen molar-refractivity contribution in [1.29, 1.82) is 0 Å². The predicted octanol–water partition coefficient (Wildman–Crippen LogP) is 2.42. The minimum atomic E-state index is 0.810. The molecule has 4 nitrogen and oxygen atoms in total. The van der Waals surface area contributed by atoms with E-state index in [9.17, 15) is 0 Å². The van der Waals surface area contributed by atoms with Crippen molar-refractivity contribution in [3.8, 4) is 5.75 Å². The molecule has 0 bridgehead atoms. The quantitative estimate of drug-likeness (QED) is 0.850. The highest BCUT2D eigenvalue weighted by Gasteiger charge is 2.13. The number of rotatable bonds is 3. The summed E-state index contributed by atoms with van der Waals surface area (Å²) >= 11 is 1.62. The van der Waals surface area contributed by atoms with E-state index >= 15 is 0 Å². The Hall–Kier alpha value is -1.62. The van der Waals surface area contributed by atoms with Crippen LogP contribution in [-0.4, -0.2) is 23.9 Å². The maximum absolute atomic E-state index is 5.51. The summed E-state index contributed by atoms with van der Waals surface area (Å²) < 4.78 is 5.51. The lowest BCUT2D eigenvalue weighted by Gasteiger charge is -2.15. The summed E-state index contributed by atoms with van der Waals surface area (Å²) in [6.07, 6.45) is 1.02. The van der Waals surface area contributed by atoms with Crippen molar-refractivity contribution in [2.75, 3.05) is 18.6 Å². The van der Waals surface area contributed by atoms with E-state index in [0.717, 1.165) is 35.5 Å². The molecule has 0 N–H and O–H groups in total. The summed E-state index contributed by atoms with van der Waals surface area (Å²) in [5.74, 6) is 1.04. The van der Waals surface area contributed by atoms with Gasteiger partial charge >= 0.3 is 0 Å². The molecule has 1 aromatic carbocycles. The maximum atomic E-state index is 5.51. The average molecular weight is 261 g/mol. The Kier molecular flexibility index (Phi) is 2.91. The predicted molar refractivity (Wildman–Crippen MR) is 72.4 cm³/mol. The summed E-state index contributed by atoms with van der Waals surface area (Å²) in [4.78, 5) is 2.13. The van der Waals surface area contributed by atoms with Crippen LogP contribution in [0.25, 0.3) is 0 Å². The molecule has 5 heteroatoms. The molecule has 0 amide bonds. The molecule has 0 saturated heterocycles. The fraction of sp³-hybridized carbons (Fsp3) is 0.385. The van der Waals surface area contributed by atoms with Crippen LogP contribution in [-0.2, 0) is 13.0 Å². The van der Waals surface area contributed by atoms with Gasteiger partial charge in [0, 0.05) is 20.0 Å². The van der Waals surface area contributed by atoms with Crippen molar-refractivity contribution < 1.29 is 4.74 Å². The molecule has 1 aromatic heterocycles. The van der Waals surface area contributed by atoms with Gasteiger partial charge in [0.2, 0.25) is 5.13 Å². The fourth-order valence-electron chi connectivity index (χ4n) is 2.12. The van der Waals surface area contributed by atoms with Gasteiger partial charge in [-0.2, -0.15) is 0 Å². The van der Waals surface area contributed by atoms with Crippen LogP contribution in [0.4, 0.5) is 5.13 Å². The SMILES string of the molecule is Cc1nnc(N(C)Cc2ccc3c(c2)CCO3)s1. The normalized spacial score (nSPS) is 13.2. The topological polar surface area (TPSA) is 38.2 Å². The minimum absolute atomic E-state index is 0.810. The Morgan fingerprint density at radius 3 is 3.06 bits per heavy atom. The molecule has 0 atom stereocenters. The van der Waals surface area contributed by atoms with Crippen LogP contribution in [0.1, 0.15) is 16.1 Å². The van der Waals surface area contributed by atoms with Crippen LogP contribution in [0.2, 0.25) is 0 Å². The van der Waals surface area contributed by atoms with Crippen LogP contribution >= 0.6 is 11.3 Å². The van der Waals surface area contributed by atoms with Gasteiger partial charge in [-0.25, -0.2) is 0 Å². The first-order valence-corrected chi connectivity index (χ1v) is 6.80. The zero-order valence-corrected chi connectivity index (χ0v) is 11.3. The second-order valence-electron chi connectivity index (χ2n) is 4.50. The van der Waals surface area contributed by atoms with Gasteiger partial charge < -0.3 is 9.64 Å². The van der Waals surface area contributed by atoms with Crippen molar-refractivity contribution in [3.05, 3.63) is 34.3 Å². The van der Waals surface area contributed by atoms with Gasteiger partial charge in [-0.3, -0.25) is 0 Å². The fourth-order valence-corrected chi connectivity index (χ4v) is 2.77.